The van der Waals surface area contributed by atoms with Gasteiger partial charge in [0.2, 0.25) is 5.91 Å². The molecule has 0 radical (unpaired) electrons. The van der Waals surface area contributed by atoms with Crippen molar-refractivity contribution >= 4 is 22.8 Å². The van der Waals surface area contributed by atoms with E-state index in [-0.39, 0.29) is 36.0 Å². The standard InChI is InChI=1S/C33H36N4O3/c1-21(38)34-16-17-35-25-18-29(24-14-12-23(13-15-24)22-8-4-3-5-9-22)37-30(19-25)32-27(20-31(37)33(39)40-2)26-10-6-7-11-28(26)36-32/h3-15,25,29-31,35-36H,16-20H2,1-2H3,(H,34,38). The Hall–Kier alpha value is -3.94. The van der Waals surface area contributed by atoms with E-state index in [4.69, 9.17) is 4.74 Å². The van der Waals surface area contributed by atoms with Gasteiger partial charge in [0.15, 0.2) is 0 Å². The number of aromatic nitrogens is 1. The first-order valence-corrected chi connectivity index (χ1v) is 14.1. The molecule has 1 fully saturated rings. The molecule has 0 saturated carbocycles. The van der Waals surface area contributed by atoms with E-state index in [9.17, 15) is 9.59 Å². The molecule has 3 aromatic carbocycles. The molecular weight excluding hydrogens is 500 g/mol. The fourth-order valence-electron chi connectivity index (χ4n) is 6.68. The van der Waals surface area contributed by atoms with Crippen LogP contribution >= 0.6 is 0 Å². The zero-order valence-corrected chi connectivity index (χ0v) is 23.0. The lowest BCUT2D eigenvalue weighted by Gasteiger charge is -2.50. The van der Waals surface area contributed by atoms with Crippen molar-refractivity contribution in [1.82, 2.24) is 20.5 Å². The van der Waals surface area contributed by atoms with E-state index in [0.717, 1.165) is 18.4 Å². The van der Waals surface area contributed by atoms with E-state index in [1.54, 1.807) is 6.92 Å². The highest BCUT2D eigenvalue weighted by Crippen LogP contribution is 2.49. The summed E-state index contributed by atoms with van der Waals surface area (Å²) in [6, 6.07) is 27.4. The number of nitrogens with one attached hydrogen (secondary N) is 3. The molecule has 1 aromatic heterocycles. The zero-order chi connectivity index (χ0) is 27.6. The van der Waals surface area contributed by atoms with Crippen molar-refractivity contribution in [3.63, 3.8) is 0 Å². The van der Waals surface area contributed by atoms with E-state index in [2.05, 4.69) is 87.2 Å². The third-order valence-electron chi connectivity index (χ3n) is 8.48. The van der Waals surface area contributed by atoms with Crippen LogP contribution in [-0.2, 0) is 20.7 Å². The molecule has 0 spiro atoms. The van der Waals surface area contributed by atoms with Crippen molar-refractivity contribution in [1.29, 1.82) is 0 Å². The molecule has 0 aliphatic carbocycles. The number of carbonyl (C=O) groups excluding carboxylic acids is 2. The number of benzene rings is 3. The molecule has 1 amide bonds. The van der Waals surface area contributed by atoms with Crippen molar-refractivity contribution in [2.75, 3.05) is 20.2 Å². The number of ether oxygens (including phenoxy) is 1. The Balaban J connectivity index is 1.39. The molecule has 2 aliphatic rings. The number of rotatable bonds is 7. The van der Waals surface area contributed by atoms with Gasteiger partial charge in [-0.15, -0.1) is 0 Å². The van der Waals surface area contributed by atoms with Crippen LogP contribution in [0.15, 0.2) is 78.9 Å². The molecule has 6 rings (SSSR count). The molecule has 3 N–H and O–H groups in total. The smallest absolute Gasteiger partial charge is 0.323 e. The third-order valence-corrected chi connectivity index (χ3v) is 8.48. The lowest BCUT2D eigenvalue weighted by atomic mass is 9.79. The lowest BCUT2D eigenvalue weighted by Crippen LogP contribution is -2.56. The maximum atomic E-state index is 13.3. The van der Waals surface area contributed by atoms with Crippen LogP contribution in [0.4, 0.5) is 0 Å². The van der Waals surface area contributed by atoms with Gasteiger partial charge < -0.3 is 20.4 Å². The topological polar surface area (TPSA) is 86.5 Å². The van der Waals surface area contributed by atoms with E-state index in [0.29, 0.717) is 19.5 Å². The normalized spacial score (nSPS) is 22.4. The Bertz CT molecular complexity index is 1500. The molecule has 4 unspecified atom stereocenters. The monoisotopic (exact) mass is 536 g/mol. The van der Waals surface area contributed by atoms with Gasteiger partial charge in [0.1, 0.15) is 6.04 Å². The molecule has 4 aromatic rings. The highest BCUT2D eigenvalue weighted by atomic mass is 16.5. The number of piperidine rings is 1. The number of esters is 1. The molecule has 1 saturated heterocycles. The van der Waals surface area contributed by atoms with Crippen LogP contribution in [0.2, 0.25) is 0 Å². The minimum Gasteiger partial charge on any atom is -0.468 e. The summed E-state index contributed by atoms with van der Waals surface area (Å²) in [6.45, 7) is 2.82. The van der Waals surface area contributed by atoms with E-state index >= 15 is 0 Å². The second kappa shape index (κ2) is 11.3. The van der Waals surface area contributed by atoms with Crippen molar-refractivity contribution in [3.05, 3.63) is 95.7 Å². The average Bonchev–Trinajstić information content (AvgIpc) is 3.37. The summed E-state index contributed by atoms with van der Waals surface area (Å²) in [6.07, 6.45) is 2.32. The van der Waals surface area contributed by atoms with Gasteiger partial charge >= 0.3 is 5.97 Å². The molecule has 3 heterocycles. The highest BCUT2D eigenvalue weighted by Gasteiger charge is 2.48. The Morgan fingerprint density at radius 2 is 1.60 bits per heavy atom. The summed E-state index contributed by atoms with van der Waals surface area (Å²) in [5, 5.41) is 7.76. The van der Waals surface area contributed by atoms with Crippen molar-refractivity contribution in [3.8, 4) is 11.1 Å². The molecule has 40 heavy (non-hydrogen) atoms. The van der Waals surface area contributed by atoms with E-state index < -0.39 is 0 Å². The number of H-pyrrole nitrogens is 1. The second-order valence-corrected chi connectivity index (χ2v) is 10.9. The van der Waals surface area contributed by atoms with Crippen molar-refractivity contribution < 1.29 is 14.3 Å². The second-order valence-electron chi connectivity index (χ2n) is 10.9. The van der Waals surface area contributed by atoms with Crippen LogP contribution in [0, 0.1) is 0 Å². The summed E-state index contributed by atoms with van der Waals surface area (Å²) >= 11 is 0. The highest BCUT2D eigenvalue weighted by molar-refractivity contribution is 5.87. The minimum atomic E-state index is -0.374. The summed E-state index contributed by atoms with van der Waals surface area (Å²) in [5.41, 5.74) is 7.04. The molecule has 7 nitrogen and oxygen atoms in total. The number of carbonyl (C=O) groups is 2. The third kappa shape index (κ3) is 5.03. The lowest BCUT2D eigenvalue weighted by molar-refractivity contribution is -0.152. The SMILES string of the molecule is COC(=O)C1Cc2c([nH]c3ccccc23)C2CC(NCCNC(C)=O)CC(c3ccc(-c4ccccc4)cc3)N12. The molecule has 0 bridgehead atoms. The first-order valence-electron chi connectivity index (χ1n) is 14.1. The number of amides is 1. The van der Waals surface area contributed by atoms with Crippen LogP contribution < -0.4 is 10.6 Å². The number of para-hydroxylation sites is 1. The fourth-order valence-corrected chi connectivity index (χ4v) is 6.68. The van der Waals surface area contributed by atoms with Gasteiger partial charge in [0.05, 0.1) is 13.2 Å². The summed E-state index contributed by atoms with van der Waals surface area (Å²) < 4.78 is 5.39. The Morgan fingerprint density at radius 1 is 0.900 bits per heavy atom. The van der Waals surface area contributed by atoms with Gasteiger partial charge in [-0.3, -0.25) is 14.5 Å². The largest absolute Gasteiger partial charge is 0.468 e. The van der Waals surface area contributed by atoms with Crippen LogP contribution in [-0.4, -0.2) is 54.0 Å². The van der Waals surface area contributed by atoms with Crippen LogP contribution in [0.3, 0.4) is 0 Å². The summed E-state index contributed by atoms with van der Waals surface area (Å²) in [7, 11) is 1.49. The minimum absolute atomic E-state index is 0.0190. The molecule has 7 heteroatoms. The number of hydrogen-bond acceptors (Lipinski definition) is 5. The number of methoxy groups -OCH3 is 1. The zero-order valence-electron chi connectivity index (χ0n) is 23.0. The van der Waals surface area contributed by atoms with Gasteiger partial charge in [-0.1, -0.05) is 72.8 Å². The predicted molar refractivity (Wildman–Crippen MR) is 157 cm³/mol. The first kappa shape index (κ1) is 26.3. The Kier molecular flexibility index (Phi) is 7.41. The number of aromatic amines is 1. The Labute approximate surface area is 234 Å². The van der Waals surface area contributed by atoms with Crippen molar-refractivity contribution in [2.24, 2.45) is 0 Å². The maximum absolute atomic E-state index is 13.3. The van der Waals surface area contributed by atoms with Crippen molar-refractivity contribution in [2.45, 2.75) is 50.4 Å². The fraction of sp³-hybridized carbons (Fsp3) is 0.333. The van der Waals surface area contributed by atoms with Gasteiger partial charge in [-0.2, -0.15) is 0 Å². The van der Waals surface area contributed by atoms with Crippen LogP contribution in [0.5, 0.6) is 0 Å². The summed E-state index contributed by atoms with van der Waals surface area (Å²) in [5.74, 6) is -0.215. The molecule has 4 atom stereocenters. The number of hydrogen-bond donors (Lipinski definition) is 3. The van der Waals surface area contributed by atoms with E-state index in [1.165, 1.54) is 40.4 Å². The predicted octanol–water partition coefficient (Wildman–Crippen LogP) is 4.91. The quantitative estimate of drug-likeness (QED) is 0.231. The van der Waals surface area contributed by atoms with Gasteiger partial charge in [-0.05, 0) is 41.2 Å². The molecule has 206 valence electrons. The molecular formula is C33H36N4O3. The van der Waals surface area contributed by atoms with Gasteiger partial charge in [0, 0.05) is 55.1 Å². The average molecular weight is 537 g/mol. The first-order chi connectivity index (χ1) is 19.5. The van der Waals surface area contributed by atoms with Gasteiger partial charge in [0.25, 0.3) is 0 Å². The maximum Gasteiger partial charge on any atom is 0.323 e. The Morgan fingerprint density at radius 3 is 2.35 bits per heavy atom. The number of nitrogens with zero attached hydrogens (tertiary/aromatic N) is 1. The number of fused-ring (bicyclic) bond motifs is 5. The summed E-state index contributed by atoms with van der Waals surface area (Å²) in [4.78, 5) is 30.9. The van der Waals surface area contributed by atoms with Gasteiger partial charge in [-0.25, -0.2) is 0 Å². The van der Waals surface area contributed by atoms with Crippen LogP contribution in [0.1, 0.15) is 48.7 Å². The van der Waals surface area contributed by atoms with Crippen LogP contribution in [0.25, 0.3) is 22.0 Å². The van der Waals surface area contributed by atoms with E-state index in [1.807, 2.05) is 12.1 Å². The molecule has 2 aliphatic heterocycles.